The normalized spacial score (nSPS) is 12.1. The highest BCUT2D eigenvalue weighted by Gasteiger charge is 2.20. The third-order valence-electron chi connectivity index (χ3n) is 3.79. The van der Waals surface area contributed by atoms with Gasteiger partial charge in [0.25, 0.3) is 5.56 Å². The van der Waals surface area contributed by atoms with E-state index in [1.165, 1.54) is 11.8 Å². The lowest BCUT2D eigenvalue weighted by Gasteiger charge is -2.15. The number of para-hydroxylation sites is 1. The minimum Gasteiger partial charge on any atom is -0.465 e. The van der Waals surface area contributed by atoms with Gasteiger partial charge in [-0.05, 0) is 37.6 Å². The van der Waals surface area contributed by atoms with E-state index >= 15 is 0 Å². The van der Waals surface area contributed by atoms with Gasteiger partial charge in [-0.1, -0.05) is 30.0 Å². The molecule has 3 rings (SSSR count). The van der Waals surface area contributed by atoms with Crippen LogP contribution in [0.25, 0.3) is 10.9 Å². The summed E-state index contributed by atoms with van der Waals surface area (Å²) in [6.45, 7) is 4.17. The van der Waals surface area contributed by atoms with Crippen LogP contribution in [-0.4, -0.2) is 32.4 Å². The third-order valence-corrected chi connectivity index (χ3v) is 4.86. The second-order valence-electron chi connectivity index (χ2n) is 5.68. The SMILES string of the molecule is CCOC(=O)C(C)Sc1nc2ccccc2c(=O)n1Cc1cccnc1. The first kappa shape index (κ1) is 18.1. The van der Waals surface area contributed by atoms with Crippen molar-refractivity contribution < 1.29 is 9.53 Å². The van der Waals surface area contributed by atoms with Crippen LogP contribution in [0.5, 0.6) is 0 Å². The van der Waals surface area contributed by atoms with Gasteiger partial charge in [0, 0.05) is 12.4 Å². The van der Waals surface area contributed by atoms with Gasteiger partial charge in [-0.2, -0.15) is 0 Å². The van der Waals surface area contributed by atoms with Crippen LogP contribution in [0.3, 0.4) is 0 Å². The van der Waals surface area contributed by atoms with Gasteiger partial charge in [0.05, 0.1) is 24.1 Å². The van der Waals surface area contributed by atoms with E-state index in [-0.39, 0.29) is 11.5 Å². The van der Waals surface area contributed by atoms with Crippen molar-refractivity contribution in [3.05, 3.63) is 64.7 Å². The zero-order valence-electron chi connectivity index (χ0n) is 14.6. The molecule has 1 aromatic carbocycles. The number of carbonyl (C=O) groups excluding carboxylic acids is 1. The van der Waals surface area contributed by atoms with E-state index in [4.69, 9.17) is 4.74 Å². The van der Waals surface area contributed by atoms with Crippen molar-refractivity contribution >= 4 is 28.6 Å². The first-order chi connectivity index (χ1) is 12.6. The van der Waals surface area contributed by atoms with Gasteiger partial charge in [-0.3, -0.25) is 19.1 Å². The molecule has 134 valence electrons. The number of benzene rings is 1. The van der Waals surface area contributed by atoms with E-state index < -0.39 is 5.25 Å². The van der Waals surface area contributed by atoms with E-state index in [1.807, 2.05) is 24.3 Å². The fraction of sp³-hybridized carbons (Fsp3) is 0.263. The largest absolute Gasteiger partial charge is 0.465 e. The maximum atomic E-state index is 13.0. The van der Waals surface area contributed by atoms with Gasteiger partial charge in [-0.15, -0.1) is 0 Å². The lowest BCUT2D eigenvalue weighted by molar-refractivity contribution is -0.142. The van der Waals surface area contributed by atoms with Crippen LogP contribution in [-0.2, 0) is 16.1 Å². The summed E-state index contributed by atoms with van der Waals surface area (Å²) in [4.78, 5) is 33.7. The molecule has 7 heteroatoms. The summed E-state index contributed by atoms with van der Waals surface area (Å²) in [5.74, 6) is -0.326. The molecule has 0 aliphatic rings. The molecule has 3 aromatic rings. The maximum Gasteiger partial charge on any atom is 0.319 e. The van der Waals surface area contributed by atoms with Crippen molar-refractivity contribution in [1.29, 1.82) is 0 Å². The minimum absolute atomic E-state index is 0.141. The van der Waals surface area contributed by atoms with E-state index in [1.54, 1.807) is 42.9 Å². The summed E-state index contributed by atoms with van der Waals surface area (Å²) < 4.78 is 6.65. The molecule has 0 bridgehead atoms. The molecule has 0 radical (unpaired) electrons. The number of esters is 1. The summed E-state index contributed by atoms with van der Waals surface area (Å²) in [6.07, 6.45) is 3.40. The van der Waals surface area contributed by atoms with Crippen LogP contribution < -0.4 is 5.56 Å². The predicted molar refractivity (Wildman–Crippen MR) is 101 cm³/mol. The van der Waals surface area contributed by atoms with Crippen molar-refractivity contribution in [3.63, 3.8) is 0 Å². The molecule has 0 saturated heterocycles. The Kier molecular flexibility index (Phi) is 5.68. The Bertz CT molecular complexity index is 973. The summed E-state index contributed by atoms with van der Waals surface area (Å²) in [7, 11) is 0. The molecule has 6 nitrogen and oxygen atoms in total. The summed E-state index contributed by atoms with van der Waals surface area (Å²) in [6, 6.07) is 10.9. The van der Waals surface area contributed by atoms with E-state index in [2.05, 4.69) is 9.97 Å². The van der Waals surface area contributed by atoms with Crippen LogP contribution in [0, 0.1) is 0 Å². The number of aromatic nitrogens is 3. The van der Waals surface area contributed by atoms with Gasteiger partial charge in [0.15, 0.2) is 5.16 Å². The molecule has 0 saturated carbocycles. The molecule has 0 fully saturated rings. The molecule has 0 aliphatic carbocycles. The van der Waals surface area contributed by atoms with Crippen LogP contribution in [0.15, 0.2) is 58.7 Å². The number of ether oxygens (including phenoxy) is 1. The molecule has 2 aromatic heterocycles. The van der Waals surface area contributed by atoms with Crippen molar-refractivity contribution in [2.75, 3.05) is 6.61 Å². The average molecular weight is 369 g/mol. The Morgan fingerprint density at radius 1 is 1.27 bits per heavy atom. The van der Waals surface area contributed by atoms with Crippen molar-refractivity contribution in [1.82, 2.24) is 14.5 Å². The lowest BCUT2D eigenvalue weighted by Crippen LogP contribution is -2.26. The van der Waals surface area contributed by atoms with Gasteiger partial charge in [0.1, 0.15) is 5.25 Å². The fourth-order valence-corrected chi connectivity index (χ4v) is 3.42. The summed E-state index contributed by atoms with van der Waals surface area (Å²) in [5, 5.41) is 0.561. The predicted octanol–water partition coefficient (Wildman–Crippen LogP) is 2.88. The maximum absolute atomic E-state index is 13.0. The van der Waals surface area contributed by atoms with E-state index in [9.17, 15) is 9.59 Å². The number of rotatable bonds is 6. The molecule has 2 heterocycles. The smallest absolute Gasteiger partial charge is 0.319 e. The van der Waals surface area contributed by atoms with Crippen molar-refractivity contribution in [2.45, 2.75) is 30.8 Å². The second kappa shape index (κ2) is 8.14. The highest BCUT2D eigenvalue weighted by Crippen LogP contribution is 2.24. The molecule has 0 amide bonds. The number of hydrogen-bond donors (Lipinski definition) is 0. The van der Waals surface area contributed by atoms with Crippen molar-refractivity contribution in [2.24, 2.45) is 0 Å². The monoisotopic (exact) mass is 369 g/mol. The minimum atomic E-state index is -0.469. The zero-order valence-corrected chi connectivity index (χ0v) is 15.4. The Morgan fingerprint density at radius 2 is 2.08 bits per heavy atom. The Hall–Kier alpha value is -2.67. The molecule has 1 unspecified atom stereocenters. The zero-order chi connectivity index (χ0) is 18.5. The van der Waals surface area contributed by atoms with E-state index in [0.29, 0.717) is 29.2 Å². The van der Waals surface area contributed by atoms with Crippen molar-refractivity contribution in [3.8, 4) is 0 Å². The summed E-state index contributed by atoms with van der Waals surface area (Å²) >= 11 is 1.22. The van der Waals surface area contributed by atoms with Gasteiger partial charge in [-0.25, -0.2) is 4.98 Å². The van der Waals surface area contributed by atoms with Crippen LogP contribution in [0.2, 0.25) is 0 Å². The summed E-state index contributed by atoms with van der Waals surface area (Å²) in [5.41, 5.74) is 1.36. The third kappa shape index (κ3) is 3.94. The highest BCUT2D eigenvalue weighted by atomic mass is 32.2. The van der Waals surface area contributed by atoms with Gasteiger partial charge < -0.3 is 4.74 Å². The molecule has 26 heavy (non-hydrogen) atoms. The number of fused-ring (bicyclic) bond motifs is 1. The van der Waals surface area contributed by atoms with E-state index in [0.717, 1.165) is 5.56 Å². The van der Waals surface area contributed by atoms with Crippen LogP contribution in [0.4, 0.5) is 0 Å². The first-order valence-corrected chi connectivity index (χ1v) is 9.20. The number of pyridine rings is 1. The number of carbonyl (C=O) groups is 1. The fourth-order valence-electron chi connectivity index (χ4n) is 2.52. The number of nitrogens with zero attached hydrogens (tertiary/aromatic N) is 3. The molecule has 0 N–H and O–H groups in total. The quantitative estimate of drug-likeness (QED) is 0.378. The molecular weight excluding hydrogens is 350 g/mol. The molecule has 1 atom stereocenters. The van der Waals surface area contributed by atoms with Crippen LogP contribution >= 0.6 is 11.8 Å². The molecule has 0 spiro atoms. The standard InChI is InChI=1S/C19H19N3O3S/c1-3-25-18(24)13(2)26-19-21-16-9-5-4-8-15(16)17(23)22(19)12-14-7-6-10-20-11-14/h4-11,13H,3,12H2,1-2H3. The Balaban J connectivity index is 2.05. The first-order valence-electron chi connectivity index (χ1n) is 8.32. The second-order valence-corrected chi connectivity index (χ2v) is 6.98. The topological polar surface area (TPSA) is 74.1 Å². The molecule has 0 aliphatic heterocycles. The lowest BCUT2D eigenvalue weighted by atomic mass is 10.2. The highest BCUT2D eigenvalue weighted by molar-refractivity contribution is 8.00. The number of hydrogen-bond acceptors (Lipinski definition) is 6. The Labute approximate surface area is 155 Å². The molecular formula is C19H19N3O3S. The van der Waals surface area contributed by atoms with Crippen LogP contribution in [0.1, 0.15) is 19.4 Å². The number of thioether (sulfide) groups is 1. The van der Waals surface area contributed by atoms with Gasteiger partial charge in [0.2, 0.25) is 0 Å². The van der Waals surface area contributed by atoms with Gasteiger partial charge >= 0.3 is 5.97 Å². The Morgan fingerprint density at radius 3 is 2.81 bits per heavy atom. The average Bonchev–Trinajstić information content (AvgIpc) is 2.66.